The maximum atomic E-state index is 11.3. The van der Waals surface area contributed by atoms with Crippen molar-refractivity contribution in [1.29, 1.82) is 0 Å². The Balaban J connectivity index is 2.21. The first-order chi connectivity index (χ1) is 9.99. The predicted molar refractivity (Wildman–Crippen MR) is 84.8 cm³/mol. The summed E-state index contributed by atoms with van der Waals surface area (Å²) in [5.41, 5.74) is 10.2. The van der Waals surface area contributed by atoms with Crippen LogP contribution in [0.1, 0.15) is 27.0 Å². The summed E-state index contributed by atoms with van der Waals surface area (Å²) in [4.78, 5) is 11.3. The number of rotatable bonds is 5. The molecule has 0 saturated heterocycles. The molecule has 1 amide bonds. The topological polar surface area (TPSA) is 64.3 Å². The van der Waals surface area contributed by atoms with Crippen molar-refractivity contribution in [2.45, 2.75) is 20.4 Å². The lowest BCUT2D eigenvalue weighted by molar-refractivity contribution is 0.100. The first kappa shape index (κ1) is 14.9. The van der Waals surface area contributed by atoms with Gasteiger partial charge in [0.25, 0.3) is 0 Å². The summed E-state index contributed by atoms with van der Waals surface area (Å²) >= 11 is 0. The first-order valence-corrected chi connectivity index (χ1v) is 6.78. The van der Waals surface area contributed by atoms with Gasteiger partial charge < -0.3 is 15.8 Å². The molecular formula is C17H20N2O2. The molecule has 0 heterocycles. The van der Waals surface area contributed by atoms with Gasteiger partial charge in [-0.2, -0.15) is 0 Å². The van der Waals surface area contributed by atoms with Gasteiger partial charge in [-0.15, -0.1) is 0 Å². The molecule has 0 bridgehead atoms. The van der Waals surface area contributed by atoms with Gasteiger partial charge in [0, 0.05) is 12.1 Å². The van der Waals surface area contributed by atoms with Crippen molar-refractivity contribution in [3.05, 3.63) is 58.7 Å². The van der Waals surface area contributed by atoms with Crippen molar-refractivity contribution in [3.63, 3.8) is 0 Å². The van der Waals surface area contributed by atoms with Gasteiger partial charge in [-0.1, -0.05) is 29.3 Å². The van der Waals surface area contributed by atoms with Crippen molar-refractivity contribution in [2.75, 3.05) is 12.4 Å². The van der Waals surface area contributed by atoms with E-state index in [4.69, 9.17) is 10.5 Å². The molecule has 0 atom stereocenters. The highest BCUT2D eigenvalue weighted by Gasteiger charge is 2.07. The molecular weight excluding hydrogens is 264 g/mol. The molecule has 0 aliphatic carbocycles. The van der Waals surface area contributed by atoms with E-state index in [0.29, 0.717) is 17.9 Å². The van der Waals surface area contributed by atoms with Gasteiger partial charge in [-0.3, -0.25) is 4.79 Å². The molecule has 2 aromatic carbocycles. The van der Waals surface area contributed by atoms with Crippen LogP contribution in [0.2, 0.25) is 0 Å². The van der Waals surface area contributed by atoms with Gasteiger partial charge in [0.2, 0.25) is 5.91 Å². The van der Waals surface area contributed by atoms with Crippen LogP contribution < -0.4 is 15.8 Å². The van der Waals surface area contributed by atoms with Gasteiger partial charge in [-0.25, -0.2) is 0 Å². The third-order valence-electron chi connectivity index (χ3n) is 3.25. The summed E-state index contributed by atoms with van der Waals surface area (Å²) in [7, 11) is 1.60. The molecule has 0 aromatic heterocycles. The second-order valence-electron chi connectivity index (χ2n) is 5.13. The molecule has 0 unspecified atom stereocenters. The van der Waals surface area contributed by atoms with Gasteiger partial charge in [0.1, 0.15) is 5.75 Å². The lowest BCUT2D eigenvalue weighted by atomic mass is 10.1. The van der Waals surface area contributed by atoms with E-state index in [2.05, 4.69) is 37.4 Å². The fourth-order valence-electron chi connectivity index (χ4n) is 2.37. The maximum absolute atomic E-state index is 11.3. The number of amides is 1. The molecule has 0 spiro atoms. The molecule has 0 aliphatic heterocycles. The number of nitrogens with two attached hydrogens (primary N) is 1. The summed E-state index contributed by atoms with van der Waals surface area (Å²) in [5, 5.41) is 3.30. The minimum absolute atomic E-state index is 0.452. The van der Waals surface area contributed by atoms with E-state index in [9.17, 15) is 4.79 Å². The largest absolute Gasteiger partial charge is 0.495 e. The Kier molecular flexibility index (Phi) is 4.48. The molecule has 21 heavy (non-hydrogen) atoms. The van der Waals surface area contributed by atoms with E-state index >= 15 is 0 Å². The number of methoxy groups -OCH3 is 1. The van der Waals surface area contributed by atoms with Crippen molar-refractivity contribution in [1.82, 2.24) is 0 Å². The zero-order valence-electron chi connectivity index (χ0n) is 12.6. The third-order valence-corrected chi connectivity index (χ3v) is 3.25. The molecule has 110 valence electrons. The molecule has 2 rings (SSSR count). The van der Waals surface area contributed by atoms with Crippen LogP contribution in [0.4, 0.5) is 5.69 Å². The molecule has 0 fully saturated rings. The number of benzene rings is 2. The van der Waals surface area contributed by atoms with Crippen molar-refractivity contribution >= 4 is 11.6 Å². The predicted octanol–water partition coefficient (Wildman–Crippen LogP) is 3.02. The molecule has 4 heteroatoms. The minimum Gasteiger partial charge on any atom is -0.495 e. The summed E-state index contributed by atoms with van der Waals surface area (Å²) in [6, 6.07) is 11.5. The number of carbonyl (C=O) groups excluding carboxylic acids is 1. The zero-order valence-corrected chi connectivity index (χ0v) is 12.6. The zero-order chi connectivity index (χ0) is 15.4. The number of ether oxygens (including phenoxy) is 1. The molecule has 2 aromatic rings. The third kappa shape index (κ3) is 3.75. The lowest BCUT2D eigenvalue weighted by Crippen LogP contribution is -2.12. The van der Waals surface area contributed by atoms with Crippen LogP contribution in [0.25, 0.3) is 0 Å². The standard InChI is InChI=1S/C17H20N2O2/c1-11-6-12(2)8-13(7-11)10-19-15-9-14(17(18)20)4-5-16(15)21-3/h4-9,19H,10H2,1-3H3,(H2,18,20). The lowest BCUT2D eigenvalue weighted by Gasteiger charge is -2.13. The van der Waals surface area contributed by atoms with Crippen molar-refractivity contribution in [3.8, 4) is 5.75 Å². The monoisotopic (exact) mass is 284 g/mol. The Morgan fingerprint density at radius 3 is 2.38 bits per heavy atom. The van der Waals surface area contributed by atoms with Crippen molar-refractivity contribution < 1.29 is 9.53 Å². The minimum atomic E-state index is -0.452. The number of anilines is 1. The van der Waals surface area contributed by atoms with Crippen molar-refractivity contribution in [2.24, 2.45) is 5.73 Å². The normalized spacial score (nSPS) is 10.2. The average molecular weight is 284 g/mol. The second kappa shape index (κ2) is 6.31. The Bertz CT molecular complexity index is 646. The summed E-state index contributed by atoms with van der Waals surface area (Å²) in [5.74, 6) is 0.233. The molecule has 4 nitrogen and oxygen atoms in total. The van der Waals surface area contributed by atoms with Crippen LogP contribution in [-0.2, 0) is 6.54 Å². The number of hydrogen-bond donors (Lipinski definition) is 2. The van der Waals surface area contributed by atoms with Gasteiger partial charge in [0.05, 0.1) is 12.8 Å². The fraction of sp³-hybridized carbons (Fsp3) is 0.235. The van der Waals surface area contributed by atoms with E-state index in [1.165, 1.54) is 16.7 Å². The first-order valence-electron chi connectivity index (χ1n) is 6.78. The quantitative estimate of drug-likeness (QED) is 0.887. The Morgan fingerprint density at radius 2 is 1.81 bits per heavy atom. The number of primary amides is 1. The van der Waals surface area contributed by atoms with E-state index in [0.717, 1.165) is 5.69 Å². The average Bonchev–Trinajstić information content (AvgIpc) is 2.43. The van der Waals surface area contributed by atoms with Gasteiger partial charge in [0.15, 0.2) is 0 Å². The van der Waals surface area contributed by atoms with Crippen LogP contribution in [0.15, 0.2) is 36.4 Å². The van der Waals surface area contributed by atoms with E-state index in [-0.39, 0.29) is 0 Å². The van der Waals surface area contributed by atoms with Crippen LogP contribution in [0.3, 0.4) is 0 Å². The molecule has 0 radical (unpaired) electrons. The highest BCUT2D eigenvalue weighted by atomic mass is 16.5. The van der Waals surface area contributed by atoms with E-state index in [1.54, 1.807) is 25.3 Å². The summed E-state index contributed by atoms with van der Waals surface area (Å²) in [6.45, 7) is 4.80. The molecule has 0 aliphatic rings. The number of aryl methyl sites for hydroxylation is 2. The second-order valence-corrected chi connectivity index (χ2v) is 5.13. The molecule has 0 saturated carbocycles. The highest BCUT2D eigenvalue weighted by molar-refractivity contribution is 5.94. The van der Waals surface area contributed by atoms with Crippen LogP contribution in [0, 0.1) is 13.8 Å². The highest BCUT2D eigenvalue weighted by Crippen LogP contribution is 2.26. The van der Waals surface area contributed by atoms with Crippen LogP contribution >= 0.6 is 0 Å². The smallest absolute Gasteiger partial charge is 0.248 e. The Morgan fingerprint density at radius 1 is 1.14 bits per heavy atom. The summed E-state index contributed by atoms with van der Waals surface area (Å²) in [6.07, 6.45) is 0. The van der Waals surface area contributed by atoms with E-state index < -0.39 is 5.91 Å². The Labute approximate surface area is 124 Å². The van der Waals surface area contributed by atoms with Crippen LogP contribution in [0.5, 0.6) is 5.75 Å². The SMILES string of the molecule is COc1ccc(C(N)=O)cc1NCc1cc(C)cc(C)c1. The van der Waals surface area contributed by atoms with Gasteiger partial charge >= 0.3 is 0 Å². The Hall–Kier alpha value is -2.49. The fourth-order valence-corrected chi connectivity index (χ4v) is 2.37. The van der Waals surface area contributed by atoms with Gasteiger partial charge in [-0.05, 0) is 37.6 Å². The molecule has 3 N–H and O–H groups in total. The van der Waals surface area contributed by atoms with E-state index in [1.807, 2.05) is 0 Å². The number of nitrogens with one attached hydrogen (secondary N) is 1. The number of hydrogen-bond acceptors (Lipinski definition) is 3. The maximum Gasteiger partial charge on any atom is 0.248 e. The van der Waals surface area contributed by atoms with Crippen LogP contribution in [-0.4, -0.2) is 13.0 Å². The summed E-state index contributed by atoms with van der Waals surface area (Å²) < 4.78 is 5.30. The number of carbonyl (C=O) groups is 1.